The monoisotopic (exact) mass is 263 g/mol. The summed E-state index contributed by atoms with van der Waals surface area (Å²) in [4.78, 5) is 0. The van der Waals surface area contributed by atoms with Crippen LogP contribution in [0.15, 0.2) is 24.3 Å². The minimum atomic E-state index is 0.812. The van der Waals surface area contributed by atoms with Crippen LogP contribution in [0.25, 0.3) is 0 Å². The van der Waals surface area contributed by atoms with Gasteiger partial charge in [0.25, 0.3) is 0 Å². The number of ether oxygens (including phenoxy) is 2. The van der Waals surface area contributed by atoms with Gasteiger partial charge in [-0.3, -0.25) is 0 Å². The van der Waals surface area contributed by atoms with Crippen molar-refractivity contribution in [1.82, 2.24) is 5.32 Å². The third-order valence-electron chi connectivity index (χ3n) is 3.76. The van der Waals surface area contributed by atoms with E-state index in [9.17, 15) is 0 Å². The molecule has 0 bridgehead atoms. The van der Waals surface area contributed by atoms with E-state index in [0.717, 1.165) is 31.3 Å². The zero-order chi connectivity index (χ0) is 13.3. The van der Waals surface area contributed by atoms with Crippen molar-refractivity contribution in [2.75, 3.05) is 33.4 Å². The average Bonchev–Trinajstić information content (AvgIpc) is 2.49. The first kappa shape index (κ1) is 14.4. The first-order valence-electron chi connectivity index (χ1n) is 7.30. The van der Waals surface area contributed by atoms with E-state index in [-0.39, 0.29) is 0 Å². The summed E-state index contributed by atoms with van der Waals surface area (Å²) in [6, 6.07) is 8.21. The minimum Gasteiger partial charge on any atom is -0.497 e. The number of hydrogen-bond acceptors (Lipinski definition) is 3. The predicted octanol–water partition coefficient (Wildman–Crippen LogP) is 2.64. The maximum atomic E-state index is 5.74. The van der Waals surface area contributed by atoms with Gasteiger partial charge in [-0.05, 0) is 62.4 Å². The van der Waals surface area contributed by atoms with E-state index in [1.165, 1.54) is 37.9 Å². The summed E-state index contributed by atoms with van der Waals surface area (Å²) in [6.07, 6.45) is 4.84. The fourth-order valence-electron chi connectivity index (χ4n) is 2.50. The standard InChI is InChI=1S/C16H25NO2/c1-18-16-6-4-14(5-7-16)8-11-19-12-9-15-3-2-10-17-13-15/h4-7,15,17H,2-3,8-13H2,1H3. The highest BCUT2D eigenvalue weighted by Crippen LogP contribution is 2.14. The predicted molar refractivity (Wildman–Crippen MR) is 77.7 cm³/mol. The average molecular weight is 263 g/mol. The van der Waals surface area contributed by atoms with Gasteiger partial charge in [-0.2, -0.15) is 0 Å². The number of benzene rings is 1. The second kappa shape index (κ2) is 8.18. The molecule has 0 saturated carbocycles. The molecule has 1 aromatic carbocycles. The molecule has 0 aromatic heterocycles. The lowest BCUT2D eigenvalue weighted by atomic mass is 9.97. The molecular formula is C16H25NO2. The van der Waals surface area contributed by atoms with Crippen LogP contribution in [-0.4, -0.2) is 33.4 Å². The molecule has 1 atom stereocenters. The van der Waals surface area contributed by atoms with Crippen LogP contribution in [-0.2, 0) is 11.2 Å². The molecule has 0 aliphatic carbocycles. The van der Waals surface area contributed by atoms with E-state index in [2.05, 4.69) is 17.4 Å². The Balaban J connectivity index is 1.55. The quantitative estimate of drug-likeness (QED) is 0.767. The molecule has 1 heterocycles. The Hall–Kier alpha value is -1.06. The van der Waals surface area contributed by atoms with Crippen LogP contribution in [0.1, 0.15) is 24.8 Å². The van der Waals surface area contributed by atoms with Crippen LogP contribution in [0.4, 0.5) is 0 Å². The smallest absolute Gasteiger partial charge is 0.118 e. The largest absolute Gasteiger partial charge is 0.497 e. The molecule has 2 rings (SSSR count). The Morgan fingerprint density at radius 1 is 1.21 bits per heavy atom. The summed E-state index contributed by atoms with van der Waals surface area (Å²) < 4.78 is 10.9. The molecule has 0 amide bonds. The number of rotatable bonds is 7. The van der Waals surface area contributed by atoms with Gasteiger partial charge in [0, 0.05) is 6.61 Å². The molecule has 19 heavy (non-hydrogen) atoms. The number of piperidine rings is 1. The van der Waals surface area contributed by atoms with Gasteiger partial charge in [0.1, 0.15) is 5.75 Å². The van der Waals surface area contributed by atoms with Gasteiger partial charge in [-0.1, -0.05) is 12.1 Å². The number of hydrogen-bond donors (Lipinski definition) is 1. The van der Waals surface area contributed by atoms with Gasteiger partial charge >= 0.3 is 0 Å². The van der Waals surface area contributed by atoms with Crippen molar-refractivity contribution in [1.29, 1.82) is 0 Å². The third kappa shape index (κ3) is 5.21. The fraction of sp³-hybridized carbons (Fsp3) is 0.625. The zero-order valence-electron chi connectivity index (χ0n) is 11.9. The second-order valence-corrected chi connectivity index (χ2v) is 5.21. The second-order valence-electron chi connectivity index (χ2n) is 5.21. The van der Waals surface area contributed by atoms with E-state index in [1.54, 1.807) is 7.11 Å². The van der Waals surface area contributed by atoms with Crippen LogP contribution in [0.5, 0.6) is 5.75 Å². The van der Waals surface area contributed by atoms with Crippen LogP contribution in [0.3, 0.4) is 0 Å². The number of nitrogens with one attached hydrogen (secondary N) is 1. The van der Waals surface area contributed by atoms with Crippen molar-refractivity contribution in [3.8, 4) is 5.75 Å². The Morgan fingerprint density at radius 2 is 2.05 bits per heavy atom. The van der Waals surface area contributed by atoms with Crippen molar-refractivity contribution in [2.45, 2.75) is 25.7 Å². The van der Waals surface area contributed by atoms with Crippen LogP contribution in [0, 0.1) is 5.92 Å². The Labute approximate surface area is 116 Å². The van der Waals surface area contributed by atoms with Crippen molar-refractivity contribution in [3.63, 3.8) is 0 Å². The third-order valence-corrected chi connectivity index (χ3v) is 3.76. The van der Waals surface area contributed by atoms with Crippen molar-refractivity contribution < 1.29 is 9.47 Å². The summed E-state index contributed by atoms with van der Waals surface area (Å²) in [5.41, 5.74) is 1.31. The summed E-state index contributed by atoms with van der Waals surface area (Å²) in [5.74, 6) is 1.73. The first-order chi connectivity index (χ1) is 9.38. The molecule has 1 aliphatic heterocycles. The summed E-state index contributed by atoms with van der Waals surface area (Å²) in [6.45, 7) is 4.06. The highest BCUT2D eigenvalue weighted by Gasteiger charge is 2.11. The fourth-order valence-corrected chi connectivity index (χ4v) is 2.50. The van der Waals surface area contributed by atoms with Crippen molar-refractivity contribution >= 4 is 0 Å². The molecule has 106 valence electrons. The van der Waals surface area contributed by atoms with Gasteiger partial charge in [0.15, 0.2) is 0 Å². The normalized spacial score (nSPS) is 19.3. The zero-order valence-corrected chi connectivity index (χ0v) is 11.9. The van der Waals surface area contributed by atoms with Gasteiger partial charge in [-0.15, -0.1) is 0 Å². The number of methoxy groups -OCH3 is 1. The van der Waals surface area contributed by atoms with Crippen LogP contribution < -0.4 is 10.1 Å². The molecule has 1 unspecified atom stereocenters. The van der Waals surface area contributed by atoms with Gasteiger partial charge in [0.05, 0.1) is 13.7 Å². The summed E-state index contributed by atoms with van der Waals surface area (Å²) in [7, 11) is 1.69. The van der Waals surface area contributed by atoms with Crippen molar-refractivity contribution in [2.24, 2.45) is 5.92 Å². The Kier molecular flexibility index (Phi) is 6.18. The molecule has 1 N–H and O–H groups in total. The lowest BCUT2D eigenvalue weighted by Gasteiger charge is -2.22. The molecule has 3 heteroatoms. The maximum absolute atomic E-state index is 5.74. The Morgan fingerprint density at radius 3 is 2.74 bits per heavy atom. The van der Waals surface area contributed by atoms with E-state index >= 15 is 0 Å². The molecule has 1 aliphatic rings. The van der Waals surface area contributed by atoms with Crippen LogP contribution >= 0.6 is 0 Å². The highest BCUT2D eigenvalue weighted by molar-refractivity contribution is 5.27. The van der Waals surface area contributed by atoms with Gasteiger partial charge in [0.2, 0.25) is 0 Å². The highest BCUT2D eigenvalue weighted by atomic mass is 16.5. The van der Waals surface area contributed by atoms with E-state index in [0.29, 0.717) is 0 Å². The molecule has 0 radical (unpaired) electrons. The Bertz CT molecular complexity index is 344. The summed E-state index contributed by atoms with van der Waals surface area (Å²) >= 11 is 0. The molecule has 1 saturated heterocycles. The molecule has 1 aromatic rings. The molecule has 1 fully saturated rings. The van der Waals surface area contributed by atoms with Gasteiger partial charge < -0.3 is 14.8 Å². The van der Waals surface area contributed by atoms with Crippen LogP contribution in [0.2, 0.25) is 0 Å². The molecular weight excluding hydrogens is 238 g/mol. The lowest BCUT2D eigenvalue weighted by molar-refractivity contribution is 0.118. The topological polar surface area (TPSA) is 30.5 Å². The molecule has 0 spiro atoms. The van der Waals surface area contributed by atoms with E-state index in [4.69, 9.17) is 9.47 Å². The first-order valence-corrected chi connectivity index (χ1v) is 7.30. The minimum absolute atomic E-state index is 0.812. The van der Waals surface area contributed by atoms with E-state index in [1.807, 2.05) is 12.1 Å². The van der Waals surface area contributed by atoms with E-state index < -0.39 is 0 Å². The van der Waals surface area contributed by atoms with Crippen molar-refractivity contribution in [3.05, 3.63) is 29.8 Å². The maximum Gasteiger partial charge on any atom is 0.118 e. The summed E-state index contributed by atoms with van der Waals surface area (Å²) in [5, 5.41) is 3.44. The SMILES string of the molecule is COc1ccc(CCOCCC2CCCNC2)cc1. The lowest BCUT2D eigenvalue weighted by Crippen LogP contribution is -2.30. The van der Waals surface area contributed by atoms with Gasteiger partial charge in [-0.25, -0.2) is 0 Å². The molecule has 3 nitrogen and oxygen atoms in total.